The van der Waals surface area contributed by atoms with Gasteiger partial charge in [-0.05, 0) is 20.8 Å². The molecule has 0 radical (unpaired) electrons. The van der Waals surface area contributed by atoms with Crippen LogP contribution < -0.4 is 5.32 Å². The van der Waals surface area contributed by atoms with Gasteiger partial charge in [0.05, 0.1) is 37.6 Å². The topological polar surface area (TPSA) is 108 Å². The highest BCUT2D eigenvalue weighted by molar-refractivity contribution is 5.68. The zero-order chi connectivity index (χ0) is 16.0. The van der Waals surface area contributed by atoms with Gasteiger partial charge in [-0.2, -0.15) is 0 Å². The summed E-state index contributed by atoms with van der Waals surface area (Å²) in [6.07, 6.45) is 0.889. The molecule has 0 saturated carbocycles. The molecule has 7 heteroatoms. The fourth-order valence-corrected chi connectivity index (χ4v) is 1.96. The lowest BCUT2D eigenvalue weighted by Crippen LogP contribution is -2.50. The third-order valence-electron chi connectivity index (χ3n) is 2.86. The standard InChI is InChI=1S/C14H25NO6/c1-14(2,3)21-13(19)15-11-5-4-10(8-17)20-12(11)6-9(18)7-16/h4-5,9-12,16-18H,6-8H2,1-3H3,(H,15,19)/t9?,10-,11+,12+/m0/s1. The van der Waals surface area contributed by atoms with Gasteiger partial charge in [0.2, 0.25) is 0 Å². The van der Waals surface area contributed by atoms with Crippen molar-refractivity contribution in [3.8, 4) is 0 Å². The summed E-state index contributed by atoms with van der Waals surface area (Å²) in [6.45, 7) is 4.69. The van der Waals surface area contributed by atoms with Gasteiger partial charge in [0, 0.05) is 6.42 Å². The highest BCUT2D eigenvalue weighted by atomic mass is 16.6. The van der Waals surface area contributed by atoms with Gasteiger partial charge in [-0.25, -0.2) is 4.79 Å². The number of aliphatic hydroxyl groups is 3. The number of amides is 1. The molecule has 1 amide bonds. The first-order valence-electron chi connectivity index (χ1n) is 6.98. The third-order valence-corrected chi connectivity index (χ3v) is 2.86. The Labute approximate surface area is 124 Å². The van der Waals surface area contributed by atoms with Crippen molar-refractivity contribution in [2.24, 2.45) is 0 Å². The molecule has 0 aromatic carbocycles. The number of nitrogens with one attached hydrogen (secondary N) is 1. The lowest BCUT2D eigenvalue weighted by Gasteiger charge is -2.33. The molecule has 1 heterocycles. The first-order valence-corrected chi connectivity index (χ1v) is 6.98. The number of alkyl carbamates (subject to hydrolysis) is 1. The molecule has 4 atom stereocenters. The van der Waals surface area contributed by atoms with Crippen LogP contribution in [0, 0.1) is 0 Å². The Morgan fingerprint density at radius 3 is 2.57 bits per heavy atom. The van der Waals surface area contributed by atoms with E-state index in [9.17, 15) is 9.90 Å². The van der Waals surface area contributed by atoms with Crippen molar-refractivity contribution in [1.29, 1.82) is 0 Å². The molecule has 1 rings (SSSR count). The molecular formula is C14H25NO6. The van der Waals surface area contributed by atoms with E-state index < -0.39 is 42.7 Å². The molecule has 21 heavy (non-hydrogen) atoms. The summed E-state index contributed by atoms with van der Waals surface area (Å²) in [5.41, 5.74) is -0.614. The summed E-state index contributed by atoms with van der Waals surface area (Å²) in [5.74, 6) is 0. The molecule has 0 aliphatic carbocycles. The molecule has 1 aliphatic rings. The Bertz CT molecular complexity index is 365. The minimum Gasteiger partial charge on any atom is -0.444 e. The van der Waals surface area contributed by atoms with Crippen LogP contribution in [0.15, 0.2) is 12.2 Å². The summed E-state index contributed by atoms with van der Waals surface area (Å²) in [4.78, 5) is 11.8. The van der Waals surface area contributed by atoms with Crippen LogP contribution in [0.25, 0.3) is 0 Å². The van der Waals surface area contributed by atoms with Gasteiger partial charge in [0.25, 0.3) is 0 Å². The molecule has 0 aromatic heterocycles. The zero-order valence-corrected chi connectivity index (χ0v) is 12.7. The Balaban J connectivity index is 2.68. The van der Waals surface area contributed by atoms with Crippen molar-refractivity contribution in [1.82, 2.24) is 5.32 Å². The quantitative estimate of drug-likeness (QED) is 0.530. The molecule has 1 unspecified atom stereocenters. The molecule has 0 aromatic rings. The van der Waals surface area contributed by atoms with Crippen molar-refractivity contribution >= 4 is 6.09 Å². The van der Waals surface area contributed by atoms with Crippen LogP contribution in [0.2, 0.25) is 0 Å². The van der Waals surface area contributed by atoms with E-state index in [1.54, 1.807) is 32.9 Å². The summed E-state index contributed by atoms with van der Waals surface area (Å²) < 4.78 is 10.7. The van der Waals surface area contributed by atoms with Gasteiger partial charge in [0.15, 0.2) is 0 Å². The van der Waals surface area contributed by atoms with Crippen molar-refractivity contribution in [3.05, 3.63) is 12.2 Å². The predicted molar refractivity (Wildman–Crippen MR) is 75.8 cm³/mol. The van der Waals surface area contributed by atoms with Gasteiger partial charge in [-0.15, -0.1) is 0 Å². The predicted octanol–water partition coefficient (Wildman–Crippen LogP) is -0.0611. The summed E-state index contributed by atoms with van der Waals surface area (Å²) in [6, 6.07) is -0.496. The minimum absolute atomic E-state index is 0.137. The monoisotopic (exact) mass is 303 g/mol. The SMILES string of the molecule is CC(C)(C)OC(=O)N[C@@H]1C=C[C@@H](CO)O[C@@H]1CC(O)CO. The summed E-state index contributed by atoms with van der Waals surface area (Å²) >= 11 is 0. The highest BCUT2D eigenvalue weighted by Gasteiger charge is 2.31. The summed E-state index contributed by atoms with van der Waals surface area (Å²) in [7, 11) is 0. The van der Waals surface area contributed by atoms with Crippen LogP contribution in [0.1, 0.15) is 27.2 Å². The number of aliphatic hydroxyl groups excluding tert-OH is 3. The maximum Gasteiger partial charge on any atom is 0.408 e. The van der Waals surface area contributed by atoms with Crippen molar-refractivity contribution < 1.29 is 29.6 Å². The lowest BCUT2D eigenvalue weighted by molar-refractivity contribution is -0.0604. The molecule has 0 fully saturated rings. The number of hydrogen-bond donors (Lipinski definition) is 4. The Kier molecular flexibility index (Phi) is 6.60. The fraction of sp³-hybridized carbons (Fsp3) is 0.786. The Morgan fingerprint density at radius 2 is 2.05 bits per heavy atom. The van der Waals surface area contributed by atoms with Crippen molar-refractivity contribution in [2.75, 3.05) is 13.2 Å². The Hall–Kier alpha value is -1.15. The van der Waals surface area contributed by atoms with Crippen molar-refractivity contribution in [2.45, 2.75) is 57.1 Å². The molecule has 0 spiro atoms. The van der Waals surface area contributed by atoms with Crippen LogP contribution in [-0.4, -0.2) is 64.6 Å². The normalized spacial score (nSPS) is 27.2. The molecular weight excluding hydrogens is 278 g/mol. The fourth-order valence-electron chi connectivity index (χ4n) is 1.96. The summed E-state index contributed by atoms with van der Waals surface area (Å²) in [5, 5.41) is 30.2. The number of carbonyl (C=O) groups is 1. The van der Waals surface area contributed by atoms with Crippen molar-refractivity contribution in [3.63, 3.8) is 0 Å². The van der Waals surface area contributed by atoms with Crippen LogP contribution in [0.3, 0.4) is 0 Å². The molecule has 0 bridgehead atoms. The molecule has 7 nitrogen and oxygen atoms in total. The Morgan fingerprint density at radius 1 is 1.38 bits per heavy atom. The van der Waals surface area contributed by atoms with Crippen LogP contribution in [0.5, 0.6) is 0 Å². The van der Waals surface area contributed by atoms with E-state index >= 15 is 0 Å². The van der Waals surface area contributed by atoms with Gasteiger partial charge in [0.1, 0.15) is 5.60 Å². The van der Waals surface area contributed by atoms with E-state index in [1.165, 1.54) is 0 Å². The van der Waals surface area contributed by atoms with Gasteiger partial charge < -0.3 is 30.1 Å². The van der Waals surface area contributed by atoms with E-state index in [1.807, 2.05) is 0 Å². The second-order valence-corrected chi connectivity index (χ2v) is 6.02. The molecule has 122 valence electrons. The number of ether oxygens (including phenoxy) is 2. The van der Waals surface area contributed by atoms with Gasteiger partial charge in [-0.3, -0.25) is 0 Å². The molecule has 4 N–H and O–H groups in total. The van der Waals surface area contributed by atoms with Crippen LogP contribution in [0.4, 0.5) is 4.79 Å². The first kappa shape index (κ1) is 17.9. The van der Waals surface area contributed by atoms with E-state index in [0.29, 0.717) is 0 Å². The van der Waals surface area contributed by atoms with E-state index in [-0.39, 0.29) is 13.0 Å². The third kappa shape index (κ3) is 6.43. The molecule has 1 aliphatic heterocycles. The van der Waals surface area contributed by atoms with Gasteiger partial charge >= 0.3 is 6.09 Å². The van der Waals surface area contributed by atoms with E-state index in [4.69, 9.17) is 19.7 Å². The second-order valence-electron chi connectivity index (χ2n) is 6.02. The molecule has 0 saturated heterocycles. The number of rotatable bonds is 5. The second kappa shape index (κ2) is 7.74. The van der Waals surface area contributed by atoms with Gasteiger partial charge in [-0.1, -0.05) is 12.2 Å². The average Bonchev–Trinajstić information content (AvgIpc) is 2.38. The number of carbonyl (C=O) groups excluding carboxylic acids is 1. The zero-order valence-electron chi connectivity index (χ0n) is 12.7. The van der Waals surface area contributed by atoms with Crippen LogP contribution in [-0.2, 0) is 9.47 Å². The largest absolute Gasteiger partial charge is 0.444 e. The van der Waals surface area contributed by atoms with E-state index in [2.05, 4.69) is 5.32 Å². The lowest BCUT2D eigenvalue weighted by atomic mass is 10.0. The smallest absolute Gasteiger partial charge is 0.408 e. The number of hydrogen-bond acceptors (Lipinski definition) is 6. The first-order chi connectivity index (χ1) is 9.75. The average molecular weight is 303 g/mol. The highest BCUT2D eigenvalue weighted by Crippen LogP contribution is 2.18. The van der Waals surface area contributed by atoms with Crippen LogP contribution >= 0.6 is 0 Å². The maximum absolute atomic E-state index is 11.8. The maximum atomic E-state index is 11.8. The minimum atomic E-state index is -0.955. The van der Waals surface area contributed by atoms with E-state index in [0.717, 1.165) is 0 Å².